The third-order valence-corrected chi connectivity index (χ3v) is 12.8. The van der Waals surface area contributed by atoms with Gasteiger partial charge in [0, 0.05) is 62.2 Å². The van der Waals surface area contributed by atoms with E-state index in [1.807, 2.05) is 47.0 Å². The van der Waals surface area contributed by atoms with Gasteiger partial charge in [-0.3, -0.25) is 4.57 Å². The molecule has 0 fully saturated rings. The third-order valence-electron chi connectivity index (χ3n) is 12.8. The summed E-state index contributed by atoms with van der Waals surface area (Å²) in [5, 5.41) is 1.53. The van der Waals surface area contributed by atoms with Crippen molar-refractivity contribution in [1.29, 1.82) is 0 Å². The summed E-state index contributed by atoms with van der Waals surface area (Å²) in [5.41, 5.74) is 6.82. The van der Waals surface area contributed by atoms with Crippen LogP contribution in [0.3, 0.4) is 0 Å². The van der Waals surface area contributed by atoms with Crippen LogP contribution in [0.5, 0.6) is 11.5 Å². The molecule has 11 rings (SSSR count). The summed E-state index contributed by atoms with van der Waals surface area (Å²) >= 11 is 0. The first-order valence-corrected chi connectivity index (χ1v) is 23.0. The Bertz CT molecular complexity index is 4410. The molecule has 0 aliphatic rings. The van der Waals surface area contributed by atoms with Crippen LogP contribution in [0.1, 0.15) is 88.6 Å². The van der Waals surface area contributed by atoms with Crippen molar-refractivity contribution in [2.45, 2.75) is 72.9 Å². The van der Waals surface area contributed by atoms with Gasteiger partial charge in [0.1, 0.15) is 5.82 Å². The zero-order valence-electron chi connectivity index (χ0n) is 53.9. The SMILES string of the molecule is [2H]c1c([2H])c([2H])c(-c2cnc(-n3c4[c-]c(Oc5[c-]c(-n6[c-][n+](-c7c(-c8cccc(C(C)(C)C)c8)cccc7C(C)(C)C)c7ccc(-c8c(C([2H])([2H])[2H])cccc8C([2H])([2H])[2H])cc76)ccc5)ccc4c4ccccc43)cc2C([2H])([2H])[2H])c([2H])c1[2H].[Pt]. The van der Waals surface area contributed by atoms with Crippen molar-refractivity contribution in [3.8, 4) is 62.1 Å². The van der Waals surface area contributed by atoms with E-state index in [1.54, 1.807) is 39.5 Å². The first-order chi connectivity index (χ1) is 39.4. The Balaban J connectivity index is 0.00000803. The number of ether oxygens (including phenoxy) is 1. The van der Waals surface area contributed by atoms with E-state index in [0.29, 0.717) is 33.3 Å². The number of hydrogen-bond donors (Lipinski definition) is 0. The zero-order valence-corrected chi connectivity index (χ0v) is 42.1. The minimum Gasteiger partial charge on any atom is -0.510 e. The normalized spacial score (nSPS) is 15.3. The molecule has 0 aliphatic carbocycles. The minimum atomic E-state index is -2.81. The van der Waals surface area contributed by atoms with E-state index >= 15 is 0 Å². The molecule has 11 aromatic rings. The van der Waals surface area contributed by atoms with Crippen molar-refractivity contribution in [3.05, 3.63) is 222 Å². The summed E-state index contributed by atoms with van der Waals surface area (Å²) in [6, 6.07) is 46.3. The van der Waals surface area contributed by atoms with E-state index in [-0.39, 0.29) is 82.6 Å². The number of para-hydroxylation sites is 2. The van der Waals surface area contributed by atoms with Crippen LogP contribution in [-0.4, -0.2) is 14.1 Å². The van der Waals surface area contributed by atoms with E-state index in [9.17, 15) is 0 Å². The second kappa shape index (κ2) is 18.4. The number of pyridine rings is 1. The molecule has 8 aromatic carbocycles. The molecule has 0 amide bonds. The molecule has 0 aliphatic heterocycles. The molecule has 3 heterocycles. The molecule has 354 valence electrons. The molecular formula is C65H56N4OPt-2. The zero-order chi connectivity index (χ0) is 60.3. The Labute approximate surface area is 452 Å². The molecule has 0 unspecified atom stereocenters. The van der Waals surface area contributed by atoms with Crippen LogP contribution >= 0.6 is 0 Å². The fraction of sp³-hybridized carbons (Fsp3) is 0.169. The maximum atomic E-state index is 8.66. The molecule has 3 aromatic heterocycles. The smallest absolute Gasteiger partial charge is 0.268 e. The summed E-state index contributed by atoms with van der Waals surface area (Å²) in [7, 11) is 0. The van der Waals surface area contributed by atoms with Crippen molar-refractivity contribution in [3.63, 3.8) is 0 Å². The predicted octanol–water partition coefficient (Wildman–Crippen LogP) is 16.1. The van der Waals surface area contributed by atoms with Gasteiger partial charge in [0.05, 0.1) is 23.6 Å². The van der Waals surface area contributed by atoms with E-state index in [1.165, 1.54) is 30.5 Å². The molecule has 0 saturated heterocycles. The number of fused-ring (bicyclic) bond motifs is 4. The molecule has 0 N–H and O–H groups in total. The van der Waals surface area contributed by atoms with Gasteiger partial charge < -0.3 is 13.9 Å². The van der Waals surface area contributed by atoms with Crippen LogP contribution in [0.25, 0.3) is 83.4 Å². The summed E-state index contributed by atoms with van der Waals surface area (Å²) in [6.45, 7) is 4.86. The van der Waals surface area contributed by atoms with Crippen LogP contribution in [0.15, 0.2) is 176 Å². The van der Waals surface area contributed by atoms with Crippen LogP contribution < -0.4 is 9.30 Å². The van der Waals surface area contributed by atoms with Gasteiger partial charge in [-0.2, -0.15) is 18.2 Å². The Morgan fingerprint density at radius 3 is 2.13 bits per heavy atom. The van der Waals surface area contributed by atoms with Crippen molar-refractivity contribution < 1.29 is 49.6 Å². The van der Waals surface area contributed by atoms with E-state index in [4.69, 9.17) is 28.9 Å². The number of aryl methyl sites for hydroxylation is 3. The van der Waals surface area contributed by atoms with E-state index < -0.39 is 50.8 Å². The van der Waals surface area contributed by atoms with Gasteiger partial charge in [-0.05, 0) is 116 Å². The maximum Gasteiger partial charge on any atom is 0.268 e. The van der Waals surface area contributed by atoms with Crippen molar-refractivity contribution >= 4 is 32.8 Å². The summed E-state index contributed by atoms with van der Waals surface area (Å²) in [5.74, 6) is 0.686. The Hall–Kier alpha value is -7.33. The van der Waals surface area contributed by atoms with Gasteiger partial charge in [0.25, 0.3) is 6.33 Å². The third kappa shape index (κ3) is 8.72. The van der Waals surface area contributed by atoms with Crippen LogP contribution in [0.2, 0.25) is 0 Å². The van der Waals surface area contributed by atoms with Gasteiger partial charge >= 0.3 is 0 Å². The topological polar surface area (TPSA) is 35.9 Å². The van der Waals surface area contributed by atoms with Gasteiger partial charge in [-0.1, -0.05) is 168 Å². The molecule has 0 saturated carbocycles. The van der Waals surface area contributed by atoms with Crippen LogP contribution in [0.4, 0.5) is 0 Å². The van der Waals surface area contributed by atoms with Crippen molar-refractivity contribution in [2.24, 2.45) is 0 Å². The number of hydrogen-bond acceptors (Lipinski definition) is 2. The Morgan fingerprint density at radius 2 is 1.35 bits per heavy atom. The number of benzene rings is 8. The fourth-order valence-corrected chi connectivity index (χ4v) is 9.31. The van der Waals surface area contributed by atoms with Gasteiger partial charge in [0.15, 0.2) is 0 Å². The fourth-order valence-electron chi connectivity index (χ4n) is 9.31. The average Bonchev–Trinajstić information content (AvgIpc) is 1.90. The average molecular weight is 1120 g/mol. The number of rotatable bonds is 8. The van der Waals surface area contributed by atoms with E-state index in [2.05, 4.69) is 102 Å². The summed E-state index contributed by atoms with van der Waals surface area (Å²) in [6.07, 6.45) is 4.90. The molecule has 71 heavy (non-hydrogen) atoms. The van der Waals surface area contributed by atoms with Gasteiger partial charge in [-0.15, -0.1) is 29.7 Å². The molecular weight excluding hydrogens is 1050 g/mol. The molecule has 0 radical (unpaired) electrons. The monoisotopic (exact) mass is 1120 g/mol. The molecule has 0 spiro atoms. The number of aromatic nitrogens is 4. The van der Waals surface area contributed by atoms with Crippen LogP contribution in [-0.2, 0) is 31.9 Å². The second-order valence-electron chi connectivity index (χ2n) is 19.5. The minimum absolute atomic E-state index is 0. The predicted molar refractivity (Wildman–Crippen MR) is 288 cm³/mol. The van der Waals surface area contributed by atoms with Crippen LogP contribution in [0, 0.1) is 39.0 Å². The largest absolute Gasteiger partial charge is 0.510 e. The maximum absolute atomic E-state index is 8.66. The summed E-state index contributed by atoms with van der Waals surface area (Å²) < 4.78 is 131. The number of nitrogens with zero attached hydrogens (tertiary/aromatic N) is 4. The number of imidazole rings is 1. The Kier molecular flexibility index (Phi) is 8.65. The molecule has 6 heteroatoms. The molecule has 0 atom stereocenters. The van der Waals surface area contributed by atoms with E-state index in [0.717, 1.165) is 38.7 Å². The van der Waals surface area contributed by atoms with Gasteiger partial charge in [-0.25, -0.2) is 4.98 Å². The van der Waals surface area contributed by atoms with Gasteiger partial charge in [0.2, 0.25) is 0 Å². The molecule has 5 nitrogen and oxygen atoms in total. The first kappa shape index (κ1) is 33.3. The first-order valence-electron chi connectivity index (χ1n) is 30.0. The standard InChI is InChI=1S/C65H56N4O.Pt/c1-42-19-15-20-43(2)62(42)47-31-34-58-60(37-47)67(41-68(58)63-52(28-18-29-56(63)65(7,8)9)46-23-16-24-48(36-46)64(4,5)6)49-25-17-26-50(38-49)70-51-32-33-54-53-27-13-14-30-57(53)69(59(54)39-51)61-35-44(3)55(40-66-61)45-21-11-10-12-22-45;/h10-37,40H,1-9H3;/q-2;/i1D3,2D3,3D3,10D,11D,12D,21D,22D;. The van der Waals surface area contributed by atoms with Crippen molar-refractivity contribution in [1.82, 2.24) is 14.1 Å². The second-order valence-corrected chi connectivity index (χ2v) is 19.5. The van der Waals surface area contributed by atoms with Crippen molar-refractivity contribution in [2.75, 3.05) is 0 Å². The summed E-state index contributed by atoms with van der Waals surface area (Å²) in [4.78, 5) is 4.70. The molecule has 0 bridgehead atoms. The Morgan fingerprint density at radius 1 is 0.606 bits per heavy atom. The quantitative estimate of drug-likeness (QED) is 0.112.